The number of hydrazine groups is 1. The molecule has 112 valence electrons. The van der Waals surface area contributed by atoms with Gasteiger partial charge < -0.3 is 13.8 Å². The van der Waals surface area contributed by atoms with Gasteiger partial charge in [0.2, 0.25) is 5.91 Å². The lowest BCUT2D eigenvalue weighted by Gasteiger charge is -2.15. The van der Waals surface area contributed by atoms with Crippen LogP contribution >= 0.6 is 18.2 Å². The van der Waals surface area contributed by atoms with Gasteiger partial charge in [-0.3, -0.25) is 10.2 Å². The summed E-state index contributed by atoms with van der Waals surface area (Å²) in [6, 6.07) is 0. The zero-order valence-electron chi connectivity index (χ0n) is 11.1. The molecule has 2 amide bonds. The Kier molecular flexibility index (Phi) is 9.68. The molecule has 0 heterocycles. The number of carbonyl (C=O) groups is 2. The van der Waals surface area contributed by atoms with Crippen molar-refractivity contribution in [3.63, 3.8) is 0 Å². The van der Waals surface area contributed by atoms with Crippen molar-refractivity contribution >= 4 is 30.2 Å². The summed E-state index contributed by atoms with van der Waals surface area (Å²) in [7, 11) is 0. The molecule has 10 heteroatoms. The zero-order valence-corrected chi connectivity index (χ0v) is 12.8. The monoisotopic (exact) mass is 314 g/mol. The molecule has 0 saturated carbocycles. The van der Waals surface area contributed by atoms with Crippen LogP contribution in [-0.4, -0.2) is 37.6 Å². The summed E-state index contributed by atoms with van der Waals surface area (Å²) in [6.45, 7) is 2.29. The van der Waals surface area contributed by atoms with E-state index >= 15 is 0 Å². The highest BCUT2D eigenvalue weighted by Gasteiger charge is 2.25. The second kappa shape index (κ2) is 10.1. The van der Waals surface area contributed by atoms with Crippen LogP contribution in [-0.2, 0) is 23.1 Å². The zero-order chi connectivity index (χ0) is 14.7. The SMILES string of the molecule is CCOC(=O)NNC(=O)CSP(=O)(OCC)OCC. The molecule has 0 aromatic heterocycles. The Morgan fingerprint density at radius 3 is 2.11 bits per heavy atom. The summed E-state index contributed by atoms with van der Waals surface area (Å²) in [4.78, 5) is 22.3. The smallest absolute Gasteiger partial charge is 0.426 e. The highest BCUT2D eigenvalue weighted by molar-refractivity contribution is 8.55. The Morgan fingerprint density at radius 1 is 1.05 bits per heavy atom. The summed E-state index contributed by atoms with van der Waals surface area (Å²) in [5.41, 5.74) is 4.15. The molecule has 0 aromatic carbocycles. The van der Waals surface area contributed by atoms with E-state index in [0.29, 0.717) is 0 Å². The Labute approximate surface area is 116 Å². The van der Waals surface area contributed by atoms with Crippen LogP contribution in [0.3, 0.4) is 0 Å². The van der Waals surface area contributed by atoms with Crippen LogP contribution in [0.1, 0.15) is 20.8 Å². The van der Waals surface area contributed by atoms with Crippen molar-refractivity contribution in [1.82, 2.24) is 10.9 Å². The van der Waals surface area contributed by atoms with E-state index in [9.17, 15) is 14.2 Å². The molecule has 0 aliphatic carbocycles. The first-order chi connectivity index (χ1) is 8.97. The summed E-state index contributed by atoms with van der Waals surface area (Å²) in [5, 5.41) is 0. The number of amides is 2. The maximum absolute atomic E-state index is 12.0. The maximum Gasteiger partial charge on any atom is 0.426 e. The lowest BCUT2D eigenvalue weighted by molar-refractivity contribution is -0.119. The third-order valence-corrected chi connectivity index (χ3v) is 5.33. The van der Waals surface area contributed by atoms with Crippen molar-refractivity contribution in [2.45, 2.75) is 20.8 Å². The average Bonchev–Trinajstić information content (AvgIpc) is 2.35. The minimum atomic E-state index is -3.32. The molecule has 0 aliphatic rings. The van der Waals surface area contributed by atoms with Gasteiger partial charge in [0.25, 0.3) is 0 Å². The van der Waals surface area contributed by atoms with Gasteiger partial charge in [-0.1, -0.05) is 0 Å². The molecule has 0 unspecified atom stereocenters. The van der Waals surface area contributed by atoms with Crippen molar-refractivity contribution in [2.24, 2.45) is 0 Å². The Hall–Kier alpha value is -0.760. The van der Waals surface area contributed by atoms with Crippen LogP contribution in [0.15, 0.2) is 0 Å². The second-order valence-corrected chi connectivity index (χ2v) is 7.02. The second-order valence-electron chi connectivity index (χ2n) is 2.95. The van der Waals surface area contributed by atoms with Crippen molar-refractivity contribution in [1.29, 1.82) is 0 Å². The number of hydrogen-bond acceptors (Lipinski definition) is 7. The molecule has 0 aromatic rings. The van der Waals surface area contributed by atoms with Crippen LogP contribution < -0.4 is 10.9 Å². The largest absolute Gasteiger partial charge is 0.449 e. The highest BCUT2D eigenvalue weighted by atomic mass is 32.7. The van der Waals surface area contributed by atoms with Gasteiger partial charge in [-0.25, -0.2) is 14.8 Å². The molecule has 0 fully saturated rings. The molecule has 19 heavy (non-hydrogen) atoms. The molecule has 8 nitrogen and oxygen atoms in total. The Morgan fingerprint density at radius 2 is 1.63 bits per heavy atom. The molecule has 2 N–H and O–H groups in total. The number of ether oxygens (including phenoxy) is 1. The molecule has 0 atom stereocenters. The van der Waals surface area contributed by atoms with Crippen LogP contribution in [0.4, 0.5) is 4.79 Å². The molecule has 0 radical (unpaired) electrons. The fraction of sp³-hybridized carbons (Fsp3) is 0.778. The predicted octanol–water partition coefficient (Wildman–Crippen LogP) is 1.68. The quantitative estimate of drug-likeness (QED) is 0.519. The van der Waals surface area contributed by atoms with E-state index < -0.39 is 18.8 Å². The van der Waals surface area contributed by atoms with Gasteiger partial charge in [0.1, 0.15) is 0 Å². The van der Waals surface area contributed by atoms with Gasteiger partial charge in [-0.2, -0.15) is 0 Å². The molecule has 0 saturated heterocycles. The highest BCUT2D eigenvalue weighted by Crippen LogP contribution is 2.60. The number of hydrogen-bond donors (Lipinski definition) is 2. The van der Waals surface area contributed by atoms with Gasteiger partial charge in [-0.15, -0.1) is 0 Å². The topological polar surface area (TPSA) is 103 Å². The molecule has 0 rings (SSSR count). The van der Waals surface area contributed by atoms with Crippen LogP contribution in [0.2, 0.25) is 0 Å². The molecule has 0 aliphatic heterocycles. The van der Waals surface area contributed by atoms with Crippen molar-refractivity contribution in [3.8, 4) is 0 Å². The van der Waals surface area contributed by atoms with Gasteiger partial charge in [-0.05, 0) is 32.2 Å². The molecular formula is C9H19N2O6PS. The molecule has 0 spiro atoms. The van der Waals surface area contributed by atoms with Gasteiger partial charge in [0, 0.05) is 0 Å². The first-order valence-corrected chi connectivity index (χ1v) is 8.86. The van der Waals surface area contributed by atoms with E-state index in [2.05, 4.69) is 10.2 Å². The Bertz CT molecular complexity index is 331. The van der Waals surface area contributed by atoms with Crippen LogP contribution in [0.5, 0.6) is 0 Å². The van der Waals surface area contributed by atoms with E-state index in [1.807, 2.05) is 5.43 Å². The Balaban J connectivity index is 4.05. The normalized spacial score (nSPS) is 10.9. The van der Waals surface area contributed by atoms with E-state index in [1.165, 1.54) is 0 Å². The van der Waals surface area contributed by atoms with Crippen molar-refractivity contribution in [3.05, 3.63) is 0 Å². The number of carbonyl (C=O) groups excluding carboxylic acids is 2. The van der Waals surface area contributed by atoms with Crippen molar-refractivity contribution < 1.29 is 27.9 Å². The third-order valence-electron chi connectivity index (χ3n) is 1.51. The first-order valence-electron chi connectivity index (χ1n) is 5.72. The third kappa shape index (κ3) is 8.88. The predicted molar refractivity (Wildman–Crippen MR) is 71.6 cm³/mol. The first kappa shape index (κ1) is 18.2. The average molecular weight is 314 g/mol. The van der Waals surface area contributed by atoms with Gasteiger partial charge in [0.15, 0.2) is 0 Å². The van der Waals surface area contributed by atoms with Crippen LogP contribution in [0.25, 0.3) is 0 Å². The number of rotatable bonds is 8. The minimum absolute atomic E-state index is 0.177. The number of nitrogens with one attached hydrogen (secondary N) is 2. The summed E-state index contributed by atoms with van der Waals surface area (Å²) in [6.07, 6.45) is -0.765. The maximum atomic E-state index is 12.0. The van der Waals surface area contributed by atoms with Gasteiger partial charge >= 0.3 is 12.9 Å². The minimum Gasteiger partial charge on any atom is -0.449 e. The molecule has 0 bridgehead atoms. The molecular weight excluding hydrogens is 295 g/mol. The summed E-state index contributed by atoms with van der Waals surface area (Å²) in [5.74, 6) is -0.721. The fourth-order valence-electron chi connectivity index (χ4n) is 0.890. The summed E-state index contributed by atoms with van der Waals surface area (Å²) >= 11 is 0.753. The van der Waals surface area contributed by atoms with E-state index in [4.69, 9.17) is 9.05 Å². The lowest BCUT2D eigenvalue weighted by Crippen LogP contribution is -2.42. The summed E-state index contributed by atoms with van der Waals surface area (Å²) < 4.78 is 26.5. The van der Waals surface area contributed by atoms with E-state index in [1.54, 1.807) is 20.8 Å². The van der Waals surface area contributed by atoms with E-state index in [-0.39, 0.29) is 25.6 Å². The van der Waals surface area contributed by atoms with Crippen LogP contribution in [0, 0.1) is 0 Å². The lowest BCUT2D eigenvalue weighted by atomic mass is 10.7. The standard InChI is InChI=1S/C9H19N2O6PS/c1-4-15-9(13)11-10-8(12)7-19-18(14,16-5-2)17-6-3/h4-7H2,1-3H3,(H,10,12)(H,11,13). The van der Waals surface area contributed by atoms with Crippen molar-refractivity contribution in [2.75, 3.05) is 25.6 Å². The van der Waals surface area contributed by atoms with E-state index in [0.717, 1.165) is 11.4 Å². The fourth-order valence-corrected chi connectivity index (χ4v) is 4.00. The van der Waals surface area contributed by atoms with Gasteiger partial charge in [0.05, 0.1) is 25.6 Å².